The van der Waals surface area contributed by atoms with Gasteiger partial charge in [-0.15, -0.1) is 0 Å². The number of methoxy groups -OCH3 is 1. The van der Waals surface area contributed by atoms with E-state index in [0.717, 1.165) is 18.4 Å². The predicted molar refractivity (Wildman–Crippen MR) is 108 cm³/mol. The van der Waals surface area contributed by atoms with E-state index in [1.54, 1.807) is 25.1 Å². The van der Waals surface area contributed by atoms with E-state index in [1.807, 2.05) is 18.2 Å². The number of anilines is 1. The van der Waals surface area contributed by atoms with Gasteiger partial charge in [0.15, 0.2) is 0 Å². The summed E-state index contributed by atoms with van der Waals surface area (Å²) >= 11 is 0. The van der Waals surface area contributed by atoms with Gasteiger partial charge in [-0.1, -0.05) is 6.07 Å². The molecule has 0 bridgehead atoms. The molecule has 29 heavy (non-hydrogen) atoms. The summed E-state index contributed by atoms with van der Waals surface area (Å²) in [6.07, 6.45) is 3.17. The second-order valence-corrected chi connectivity index (χ2v) is 7.35. The zero-order valence-electron chi connectivity index (χ0n) is 16.5. The molecule has 0 atom stereocenters. The van der Waals surface area contributed by atoms with E-state index in [-0.39, 0.29) is 5.69 Å². The van der Waals surface area contributed by atoms with Crippen LogP contribution < -0.4 is 14.4 Å². The lowest BCUT2D eigenvalue weighted by Crippen LogP contribution is -2.36. The fraction of sp³-hybridized carbons (Fsp3) is 0.364. The molecule has 0 saturated carbocycles. The summed E-state index contributed by atoms with van der Waals surface area (Å²) in [5, 5.41) is 0. The Morgan fingerprint density at radius 2 is 1.86 bits per heavy atom. The molecule has 1 aromatic heterocycles. The number of fused-ring (bicyclic) bond motifs is 1. The third-order valence-electron chi connectivity index (χ3n) is 5.29. The Labute approximate surface area is 168 Å². The number of nitrogens with zero attached hydrogens (tertiary/aromatic N) is 3. The largest absolute Gasteiger partial charge is 0.491 e. The maximum absolute atomic E-state index is 14.2. The van der Waals surface area contributed by atoms with Crippen LogP contribution in [-0.2, 0) is 0 Å². The summed E-state index contributed by atoms with van der Waals surface area (Å²) in [7, 11) is 1.55. The van der Waals surface area contributed by atoms with E-state index in [0.29, 0.717) is 48.3 Å². The molecular formula is C22H23F2N3O2. The summed E-state index contributed by atoms with van der Waals surface area (Å²) in [6, 6.07) is 8.37. The SMILES string of the molecule is COc1cnc2cccc(OCC3CCN(c4c(F)cc(C)cc4F)CC3)c2n1. The molecule has 2 aromatic carbocycles. The van der Waals surface area contributed by atoms with Crippen molar-refractivity contribution < 1.29 is 18.3 Å². The Balaban J connectivity index is 1.40. The highest BCUT2D eigenvalue weighted by atomic mass is 19.1. The number of halogens is 2. The molecule has 3 aromatic rings. The molecule has 0 amide bonds. The minimum absolute atomic E-state index is 0.0754. The topological polar surface area (TPSA) is 47.5 Å². The number of para-hydroxylation sites is 1. The molecule has 1 aliphatic rings. The highest BCUT2D eigenvalue weighted by Gasteiger charge is 2.24. The minimum atomic E-state index is -0.500. The van der Waals surface area contributed by atoms with E-state index < -0.39 is 11.6 Å². The van der Waals surface area contributed by atoms with Gasteiger partial charge in [0.05, 0.1) is 25.4 Å². The number of hydrogen-bond donors (Lipinski definition) is 0. The molecule has 0 N–H and O–H groups in total. The van der Waals surface area contributed by atoms with Crippen LogP contribution in [0, 0.1) is 24.5 Å². The first kappa shape index (κ1) is 19.4. The lowest BCUT2D eigenvalue weighted by molar-refractivity contribution is 0.224. The van der Waals surface area contributed by atoms with Crippen molar-refractivity contribution in [1.29, 1.82) is 0 Å². The lowest BCUT2D eigenvalue weighted by atomic mass is 9.97. The summed E-state index contributed by atoms with van der Waals surface area (Å²) in [5.74, 6) is 0.397. The van der Waals surface area contributed by atoms with Gasteiger partial charge in [-0.3, -0.25) is 0 Å². The molecule has 0 aliphatic carbocycles. The van der Waals surface area contributed by atoms with Crippen molar-refractivity contribution in [3.05, 3.63) is 53.7 Å². The van der Waals surface area contributed by atoms with Crippen molar-refractivity contribution in [3.8, 4) is 11.6 Å². The average Bonchev–Trinajstić information content (AvgIpc) is 2.72. The highest BCUT2D eigenvalue weighted by Crippen LogP contribution is 2.30. The second-order valence-electron chi connectivity index (χ2n) is 7.35. The Morgan fingerprint density at radius 1 is 1.14 bits per heavy atom. The number of hydrogen-bond acceptors (Lipinski definition) is 5. The summed E-state index contributed by atoms with van der Waals surface area (Å²) in [6.45, 7) is 3.39. The van der Waals surface area contributed by atoms with Crippen molar-refractivity contribution in [2.24, 2.45) is 5.92 Å². The third kappa shape index (κ3) is 4.09. The van der Waals surface area contributed by atoms with E-state index in [9.17, 15) is 8.78 Å². The van der Waals surface area contributed by atoms with Gasteiger partial charge in [0.25, 0.3) is 0 Å². The Kier molecular flexibility index (Phi) is 5.47. The van der Waals surface area contributed by atoms with Crippen LogP contribution in [0.25, 0.3) is 11.0 Å². The smallest absolute Gasteiger partial charge is 0.232 e. The molecule has 0 spiro atoms. The fourth-order valence-corrected chi connectivity index (χ4v) is 3.73. The van der Waals surface area contributed by atoms with E-state index in [1.165, 1.54) is 12.1 Å². The van der Waals surface area contributed by atoms with Gasteiger partial charge in [-0.25, -0.2) is 18.7 Å². The first-order chi connectivity index (χ1) is 14.0. The van der Waals surface area contributed by atoms with E-state index in [2.05, 4.69) is 9.97 Å². The van der Waals surface area contributed by atoms with Crippen molar-refractivity contribution >= 4 is 16.7 Å². The van der Waals surface area contributed by atoms with Crippen molar-refractivity contribution in [1.82, 2.24) is 9.97 Å². The minimum Gasteiger partial charge on any atom is -0.491 e. The van der Waals surface area contributed by atoms with Gasteiger partial charge in [0, 0.05) is 13.1 Å². The molecule has 1 fully saturated rings. The highest BCUT2D eigenvalue weighted by molar-refractivity contribution is 5.81. The molecule has 2 heterocycles. The van der Waals surface area contributed by atoms with E-state index >= 15 is 0 Å². The van der Waals surface area contributed by atoms with Gasteiger partial charge in [-0.2, -0.15) is 0 Å². The Morgan fingerprint density at radius 3 is 2.55 bits per heavy atom. The van der Waals surface area contributed by atoms with Crippen LogP contribution in [0.15, 0.2) is 36.5 Å². The quantitative estimate of drug-likeness (QED) is 0.631. The van der Waals surface area contributed by atoms with Crippen LogP contribution in [-0.4, -0.2) is 36.8 Å². The predicted octanol–water partition coefficient (Wildman–Crippen LogP) is 4.52. The number of piperidine rings is 1. The van der Waals surface area contributed by atoms with Crippen molar-refractivity contribution in [3.63, 3.8) is 0 Å². The maximum atomic E-state index is 14.2. The number of aryl methyl sites for hydroxylation is 1. The molecule has 1 aliphatic heterocycles. The van der Waals surface area contributed by atoms with Crippen LogP contribution in [0.1, 0.15) is 18.4 Å². The standard InChI is InChI=1S/C22H23F2N3O2/c1-14-10-16(23)22(17(24)11-14)27-8-6-15(7-9-27)13-29-19-5-3-4-18-21(19)26-20(28-2)12-25-18/h3-5,10-12,15H,6-9,13H2,1-2H3. The third-order valence-corrected chi connectivity index (χ3v) is 5.29. The molecular weight excluding hydrogens is 376 g/mol. The zero-order valence-corrected chi connectivity index (χ0v) is 16.5. The molecule has 4 rings (SSSR count). The lowest BCUT2D eigenvalue weighted by Gasteiger charge is -2.34. The maximum Gasteiger partial charge on any atom is 0.232 e. The molecule has 5 nitrogen and oxygen atoms in total. The number of aromatic nitrogens is 2. The Hall–Kier alpha value is -2.96. The summed E-state index contributed by atoms with van der Waals surface area (Å²) in [5.41, 5.74) is 2.06. The molecule has 7 heteroatoms. The number of ether oxygens (including phenoxy) is 2. The molecule has 152 valence electrons. The Bertz CT molecular complexity index is 997. The van der Waals surface area contributed by atoms with Gasteiger partial charge in [0.1, 0.15) is 28.6 Å². The van der Waals surface area contributed by atoms with Crippen LogP contribution in [0.4, 0.5) is 14.5 Å². The van der Waals surface area contributed by atoms with Crippen molar-refractivity contribution in [2.45, 2.75) is 19.8 Å². The zero-order chi connectivity index (χ0) is 20.4. The number of rotatable bonds is 5. The molecule has 0 unspecified atom stereocenters. The van der Waals surface area contributed by atoms with Gasteiger partial charge >= 0.3 is 0 Å². The van der Waals surface area contributed by atoms with Crippen LogP contribution >= 0.6 is 0 Å². The van der Waals surface area contributed by atoms with Crippen LogP contribution in [0.5, 0.6) is 11.6 Å². The van der Waals surface area contributed by atoms with Gasteiger partial charge < -0.3 is 14.4 Å². The van der Waals surface area contributed by atoms with Gasteiger partial charge in [0.2, 0.25) is 5.88 Å². The average molecular weight is 399 g/mol. The van der Waals surface area contributed by atoms with Gasteiger partial charge in [-0.05, 0) is 55.5 Å². The first-order valence-electron chi connectivity index (χ1n) is 9.68. The van der Waals surface area contributed by atoms with Crippen LogP contribution in [0.2, 0.25) is 0 Å². The number of benzene rings is 2. The summed E-state index contributed by atoms with van der Waals surface area (Å²) < 4.78 is 39.7. The fourth-order valence-electron chi connectivity index (χ4n) is 3.73. The monoisotopic (exact) mass is 399 g/mol. The van der Waals surface area contributed by atoms with E-state index in [4.69, 9.17) is 9.47 Å². The first-order valence-corrected chi connectivity index (χ1v) is 9.68. The normalized spacial score (nSPS) is 15.0. The second kappa shape index (κ2) is 8.19. The van der Waals surface area contributed by atoms with Crippen molar-refractivity contribution in [2.75, 3.05) is 31.7 Å². The molecule has 0 radical (unpaired) electrons. The molecule has 1 saturated heterocycles. The van der Waals surface area contributed by atoms with Crippen LogP contribution in [0.3, 0.4) is 0 Å². The summed E-state index contributed by atoms with van der Waals surface area (Å²) in [4.78, 5) is 10.5.